The summed E-state index contributed by atoms with van der Waals surface area (Å²) in [5, 5.41) is 0. The van der Waals surface area contributed by atoms with Gasteiger partial charge >= 0.3 is 0 Å². The van der Waals surface area contributed by atoms with Crippen LogP contribution in [0, 0.1) is 6.92 Å². The highest BCUT2D eigenvalue weighted by Gasteiger charge is 2.10. The van der Waals surface area contributed by atoms with Crippen LogP contribution < -0.4 is 4.90 Å². The molecule has 0 saturated carbocycles. The smallest absolute Gasteiger partial charge is 0.136 e. The van der Waals surface area contributed by atoms with Gasteiger partial charge in [-0.1, -0.05) is 0 Å². The second-order valence-electron chi connectivity index (χ2n) is 3.96. The molecule has 0 aliphatic carbocycles. The summed E-state index contributed by atoms with van der Waals surface area (Å²) in [6, 6.07) is 6.05. The second kappa shape index (κ2) is 4.31. The molecule has 0 unspecified atom stereocenters. The van der Waals surface area contributed by atoms with Crippen molar-refractivity contribution in [3.8, 4) is 11.1 Å². The molecule has 2 aromatic heterocycles. The van der Waals surface area contributed by atoms with Gasteiger partial charge < -0.3 is 4.90 Å². The molecule has 0 atom stereocenters. The van der Waals surface area contributed by atoms with Gasteiger partial charge in [-0.15, -0.1) is 0 Å². The van der Waals surface area contributed by atoms with E-state index in [1.165, 1.54) is 11.1 Å². The molecule has 0 aliphatic rings. The second-order valence-corrected chi connectivity index (χ2v) is 3.96. The van der Waals surface area contributed by atoms with Crippen LogP contribution in [0.15, 0.2) is 36.8 Å². The third-order valence-electron chi connectivity index (χ3n) is 2.53. The summed E-state index contributed by atoms with van der Waals surface area (Å²) in [5.41, 5.74) is 3.56. The summed E-state index contributed by atoms with van der Waals surface area (Å²) in [5.74, 6) is 0.992. The van der Waals surface area contributed by atoms with Gasteiger partial charge in [-0.25, -0.2) is 4.98 Å². The van der Waals surface area contributed by atoms with E-state index in [0.717, 1.165) is 11.4 Å². The minimum atomic E-state index is 0.992. The van der Waals surface area contributed by atoms with Crippen molar-refractivity contribution < 1.29 is 0 Å². The van der Waals surface area contributed by atoms with E-state index in [1.54, 1.807) is 12.4 Å². The maximum atomic E-state index is 4.42. The first-order chi connectivity index (χ1) is 7.70. The highest BCUT2D eigenvalue weighted by Crippen LogP contribution is 2.30. The molecule has 0 radical (unpaired) electrons. The molecule has 2 heterocycles. The average Bonchev–Trinajstić information content (AvgIpc) is 2.29. The van der Waals surface area contributed by atoms with Crippen LogP contribution in [0.4, 0.5) is 5.82 Å². The molecular formula is C13H15N3. The largest absolute Gasteiger partial charge is 0.362 e. The lowest BCUT2D eigenvalue weighted by Gasteiger charge is -2.17. The summed E-state index contributed by atoms with van der Waals surface area (Å²) >= 11 is 0. The normalized spacial score (nSPS) is 10.2. The predicted octanol–water partition coefficient (Wildman–Crippen LogP) is 2.52. The lowest BCUT2D eigenvalue weighted by atomic mass is 10.0. The number of aryl methyl sites for hydroxylation is 1. The Balaban J connectivity index is 2.64. The van der Waals surface area contributed by atoms with Gasteiger partial charge in [0.15, 0.2) is 0 Å². The fourth-order valence-corrected chi connectivity index (χ4v) is 1.76. The number of pyridine rings is 2. The van der Waals surface area contributed by atoms with E-state index in [4.69, 9.17) is 0 Å². The van der Waals surface area contributed by atoms with Crippen molar-refractivity contribution in [1.82, 2.24) is 9.97 Å². The van der Waals surface area contributed by atoms with E-state index in [-0.39, 0.29) is 0 Å². The SMILES string of the molecule is Cc1ccnc(N(C)C)c1-c1ccncc1. The molecule has 2 aromatic rings. The van der Waals surface area contributed by atoms with E-state index in [9.17, 15) is 0 Å². The number of anilines is 1. The Kier molecular flexibility index (Phi) is 2.86. The molecule has 3 nitrogen and oxygen atoms in total. The number of hydrogen-bond donors (Lipinski definition) is 0. The monoisotopic (exact) mass is 213 g/mol. The van der Waals surface area contributed by atoms with Crippen LogP contribution in [0.25, 0.3) is 11.1 Å². The van der Waals surface area contributed by atoms with Crippen LogP contribution in [-0.4, -0.2) is 24.1 Å². The van der Waals surface area contributed by atoms with E-state index in [2.05, 4.69) is 16.9 Å². The third-order valence-corrected chi connectivity index (χ3v) is 2.53. The zero-order valence-electron chi connectivity index (χ0n) is 9.81. The predicted molar refractivity (Wildman–Crippen MR) is 66.5 cm³/mol. The lowest BCUT2D eigenvalue weighted by Crippen LogP contribution is -2.12. The zero-order chi connectivity index (χ0) is 11.5. The highest BCUT2D eigenvalue weighted by atomic mass is 15.1. The van der Waals surface area contributed by atoms with Crippen LogP contribution in [0.2, 0.25) is 0 Å². The van der Waals surface area contributed by atoms with Gasteiger partial charge in [-0.2, -0.15) is 0 Å². The number of nitrogens with zero attached hydrogens (tertiary/aromatic N) is 3. The Morgan fingerprint density at radius 2 is 1.69 bits per heavy atom. The Hall–Kier alpha value is -1.90. The van der Waals surface area contributed by atoms with E-state index < -0.39 is 0 Å². The molecular weight excluding hydrogens is 198 g/mol. The van der Waals surface area contributed by atoms with Crippen molar-refractivity contribution >= 4 is 5.82 Å². The van der Waals surface area contributed by atoms with Crippen molar-refractivity contribution in [1.29, 1.82) is 0 Å². The Labute approximate surface area is 95.8 Å². The van der Waals surface area contributed by atoms with Crippen molar-refractivity contribution in [2.24, 2.45) is 0 Å². The molecule has 82 valence electrons. The Morgan fingerprint density at radius 1 is 1.00 bits per heavy atom. The summed E-state index contributed by atoms with van der Waals surface area (Å²) in [6.45, 7) is 2.10. The van der Waals surface area contributed by atoms with Crippen molar-refractivity contribution in [2.45, 2.75) is 6.92 Å². The van der Waals surface area contributed by atoms with Gasteiger partial charge in [-0.05, 0) is 36.2 Å². The first-order valence-electron chi connectivity index (χ1n) is 5.23. The standard InChI is InChI=1S/C13H15N3/c1-10-4-9-15-13(16(2)3)12(10)11-5-7-14-8-6-11/h4-9H,1-3H3. The minimum Gasteiger partial charge on any atom is -0.362 e. The first kappa shape index (κ1) is 10.6. The van der Waals surface area contributed by atoms with Gasteiger partial charge in [0.1, 0.15) is 5.82 Å². The molecule has 0 bridgehead atoms. The van der Waals surface area contributed by atoms with E-state index >= 15 is 0 Å². The number of rotatable bonds is 2. The fourth-order valence-electron chi connectivity index (χ4n) is 1.76. The molecule has 0 saturated heterocycles. The quantitative estimate of drug-likeness (QED) is 0.767. The molecule has 0 amide bonds. The van der Waals surface area contributed by atoms with Gasteiger partial charge in [0.2, 0.25) is 0 Å². The summed E-state index contributed by atoms with van der Waals surface area (Å²) in [6.07, 6.45) is 5.46. The van der Waals surface area contributed by atoms with Gasteiger partial charge in [0.25, 0.3) is 0 Å². The van der Waals surface area contributed by atoms with Crippen LogP contribution in [-0.2, 0) is 0 Å². The summed E-state index contributed by atoms with van der Waals surface area (Å²) in [4.78, 5) is 10.5. The van der Waals surface area contributed by atoms with Crippen molar-refractivity contribution in [2.75, 3.05) is 19.0 Å². The van der Waals surface area contributed by atoms with E-state index in [0.29, 0.717) is 0 Å². The van der Waals surface area contributed by atoms with Crippen LogP contribution in [0.3, 0.4) is 0 Å². The Morgan fingerprint density at radius 3 is 2.31 bits per heavy atom. The Bertz CT molecular complexity index is 478. The molecule has 0 N–H and O–H groups in total. The topological polar surface area (TPSA) is 29.0 Å². The van der Waals surface area contributed by atoms with Crippen molar-refractivity contribution in [3.63, 3.8) is 0 Å². The third kappa shape index (κ3) is 1.89. The maximum Gasteiger partial charge on any atom is 0.136 e. The zero-order valence-corrected chi connectivity index (χ0v) is 9.81. The van der Waals surface area contributed by atoms with Gasteiger partial charge in [-0.3, -0.25) is 4.98 Å². The van der Waals surface area contributed by atoms with Crippen molar-refractivity contribution in [3.05, 3.63) is 42.4 Å². The molecule has 0 fully saturated rings. The van der Waals surface area contributed by atoms with Crippen LogP contribution in [0.5, 0.6) is 0 Å². The molecule has 2 rings (SSSR count). The molecule has 16 heavy (non-hydrogen) atoms. The highest BCUT2D eigenvalue weighted by molar-refractivity contribution is 5.78. The van der Waals surface area contributed by atoms with Crippen LogP contribution >= 0.6 is 0 Å². The molecule has 0 aliphatic heterocycles. The lowest BCUT2D eigenvalue weighted by molar-refractivity contribution is 1.06. The average molecular weight is 213 g/mol. The number of hydrogen-bond acceptors (Lipinski definition) is 3. The maximum absolute atomic E-state index is 4.42. The number of aromatic nitrogens is 2. The molecule has 0 aromatic carbocycles. The molecule has 3 heteroatoms. The van der Waals surface area contributed by atoms with Gasteiger partial charge in [0, 0.05) is 38.2 Å². The van der Waals surface area contributed by atoms with Crippen LogP contribution in [0.1, 0.15) is 5.56 Å². The molecule has 0 spiro atoms. The first-order valence-corrected chi connectivity index (χ1v) is 5.23. The van der Waals surface area contributed by atoms with Gasteiger partial charge in [0.05, 0.1) is 0 Å². The van der Waals surface area contributed by atoms with E-state index in [1.807, 2.05) is 43.4 Å². The fraction of sp³-hybridized carbons (Fsp3) is 0.231. The summed E-state index contributed by atoms with van der Waals surface area (Å²) < 4.78 is 0. The summed E-state index contributed by atoms with van der Waals surface area (Å²) in [7, 11) is 4.01. The minimum absolute atomic E-state index is 0.992.